The summed E-state index contributed by atoms with van der Waals surface area (Å²) in [4.78, 5) is 2.17. The van der Waals surface area contributed by atoms with Crippen LogP contribution in [0.5, 0.6) is 11.5 Å². The zero-order valence-corrected chi connectivity index (χ0v) is 12.1. The molecule has 1 aromatic carbocycles. The van der Waals surface area contributed by atoms with Gasteiger partial charge in [-0.1, -0.05) is 26.0 Å². The molecule has 4 heteroatoms. The van der Waals surface area contributed by atoms with Crippen LogP contribution in [0.15, 0.2) is 24.3 Å². The normalized spacial score (nSPS) is 12.5. The first-order chi connectivity index (χ1) is 9.21. The summed E-state index contributed by atoms with van der Waals surface area (Å²) in [6, 6.07) is 7.53. The van der Waals surface area contributed by atoms with Crippen LogP contribution in [0.1, 0.15) is 20.8 Å². The van der Waals surface area contributed by atoms with Crippen molar-refractivity contribution >= 4 is 0 Å². The third-order valence-corrected chi connectivity index (χ3v) is 2.94. The molecule has 4 nitrogen and oxygen atoms in total. The van der Waals surface area contributed by atoms with Crippen LogP contribution in [0.2, 0.25) is 0 Å². The lowest BCUT2D eigenvalue weighted by molar-refractivity contribution is 0.0703. The monoisotopic (exact) mass is 267 g/mol. The Morgan fingerprint density at radius 2 is 1.63 bits per heavy atom. The fourth-order valence-corrected chi connectivity index (χ4v) is 1.86. The van der Waals surface area contributed by atoms with E-state index in [-0.39, 0.29) is 6.61 Å². The van der Waals surface area contributed by atoms with Crippen molar-refractivity contribution in [1.29, 1.82) is 0 Å². The summed E-state index contributed by atoms with van der Waals surface area (Å²) in [7, 11) is 0. The molecule has 0 saturated heterocycles. The Hall–Kier alpha value is -1.26. The van der Waals surface area contributed by atoms with Gasteiger partial charge in [0.25, 0.3) is 0 Å². The van der Waals surface area contributed by atoms with Crippen molar-refractivity contribution in [3.05, 3.63) is 24.3 Å². The summed E-state index contributed by atoms with van der Waals surface area (Å²) in [5, 5.41) is 9.96. The van der Waals surface area contributed by atoms with Crippen LogP contribution in [-0.2, 0) is 0 Å². The molecule has 108 valence electrons. The number of aliphatic hydroxyl groups is 1. The third-order valence-electron chi connectivity index (χ3n) is 2.94. The van der Waals surface area contributed by atoms with Crippen LogP contribution in [0.25, 0.3) is 0 Å². The number of likely N-dealkylation sites (N-methyl/N-ethyl adjacent to an activating group) is 1. The molecule has 0 amide bonds. The molecule has 0 aliphatic rings. The lowest BCUT2D eigenvalue weighted by atomic mass is 10.3. The number of rotatable bonds is 9. The van der Waals surface area contributed by atoms with E-state index in [1.165, 1.54) is 0 Å². The number of aliphatic hydroxyl groups excluding tert-OH is 1. The largest absolute Gasteiger partial charge is 0.490 e. The number of ether oxygens (including phenoxy) is 2. The molecule has 0 saturated carbocycles. The van der Waals surface area contributed by atoms with Gasteiger partial charge in [0, 0.05) is 6.54 Å². The van der Waals surface area contributed by atoms with Gasteiger partial charge in [-0.25, -0.2) is 0 Å². The number of para-hydroxylation sites is 2. The summed E-state index contributed by atoms with van der Waals surface area (Å²) in [6.07, 6.45) is -0.491. The maximum absolute atomic E-state index is 9.96. The van der Waals surface area contributed by atoms with E-state index < -0.39 is 6.10 Å². The predicted octanol–water partition coefficient (Wildman–Crippen LogP) is 2.17. The second-order valence-corrected chi connectivity index (χ2v) is 4.33. The Labute approximate surface area is 115 Å². The van der Waals surface area contributed by atoms with E-state index in [2.05, 4.69) is 18.7 Å². The quantitative estimate of drug-likeness (QED) is 0.744. The zero-order valence-electron chi connectivity index (χ0n) is 12.1. The average molecular weight is 267 g/mol. The molecule has 1 N–H and O–H groups in total. The van der Waals surface area contributed by atoms with Crippen molar-refractivity contribution in [2.45, 2.75) is 26.9 Å². The van der Waals surface area contributed by atoms with Crippen LogP contribution in [0.3, 0.4) is 0 Å². The lowest BCUT2D eigenvalue weighted by Crippen LogP contribution is -2.35. The van der Waals surface area contributed by atoms with Gasteiger partial charge >= 0.3 is 0 Å². The average Bonchev–Trinajstić information content (AvgIpc) is 2.44. The van der Waals surface area contributed by atoms with E-state index in [1.54, 1.807) is 0 Å². The molecule has 1 atom stereocenters. The number of hydrogen-bond donors (Lipinski definition) is 1. The Morgan fingerprint density at radius 1 is 1.05 bits per heavy atom. The minimum atomic E-state index is -0.491. The molecule has 0 bridgehead atoms. The molecule has 1 rings (SSSR count). The smallest absolute Gasteiger partial charge is 0.161 e. The van der Waals surface area contributed by atoms with Gasteiger partial charge in [-0.05, 0) is 32.1 Å². The van der Waals surface area contributed by atoms with Crippen molar-refractivity contribution in [2.75, 3.05) is 32.8 Å². The minimum Gasteiger partial charge on any atom is -0.490 e. The molecule has 0 aliphatic heterocycles. The molecule has 0 radical (unpaired) electrons. The Kier molecular flexibility index (Phi) is 7.30. The topological polar surface area (TPSA) is 41.9 Å². The van der Waals surface area contributed by atoms with Crippen LogP contribution in [0, 0.1) is 0 Å². The molecule has 0 fully saturated rings. The fourth-order valence-electron chi connectivity index (χ4n) is 1.86. The number of benzene rings is 1. The van der Waals surface area contributed by atoms with Crippen molar-refractivity contribution in [1.82, 2.24) is 4.90 Å². The molecular formula is C15H25NO3. The van der Waals surface area contributed by atoms with Crippen LogP contribution in [0.4, 0.5) is 0 Å². The van der Waals surface area contributed by atoms with Gasteiger partial charge in [-0.3, -0.25) is 0 Å². The summed E-state index contributed by atoms with van der Waals surface area (Å²) >= 11 is 0. The predicted molar refractivity (Wildman–Crippen MR) is 76.9 cm³/mol. The van der Waals surface area contributed by atoms with Gasteiger partial charge in [0.15, 0.2) is 11.5 Å². The third kappa shape index (κ3) is 5.49. The van der Waals surface area contributed by atoms with Crippen LogP contribution >= 0.6 is 0 Å². The highest BCUT2D eigenvalue weighted by Gasteiger charge is 2.11. The second-order valence-electron chi connectivity index (χ2n) is 4.33. The van der Waals surface area contributed by atoms with Crippen molar-refractivity contribution in [3.8, 4) is 11.5 Å². The lowest BCUT2D eigenvalue weighted by Gasteiger charge is -2.22. The minimum absolute atomic E-state index is 0.278. The van der Waals surface area contributed by atoms with Crippen LogP contribution < -0.4 is 9.47 Å². The summed E-state index contributed by atoms with van der Waals surface area (Å²) < 4.78 is 11.1. The Balaban J connectivity index is 2.47. The first-order valence-electron chi connectivity index (χ1n) is 6.96. The summed E-state index contributed by atoms with van der Waals surface area (Å²) in [5.74, 6) is 1.41. The van der Waals surface area contributed by atoms with E-state index in [0.717, 1.165) is 18.8 Å². The van der Waals surface area contributed by atoms with E-state index in [9.17, 15) is 5.11 Å². The maximum atomic E-state index is 9.96. The molecule has 1 aromatic rings. The van der Waals surface area contributed by atoms with Gasteiger partial charge in [-0.2, -0.15) is 0 Å². The first kappa shape index (κ1) is 15.8. The standard InChI is InChI=1S/C15H25NO3/c1-4-16(5-2)11-13(17)12-19-15-10-8-7-9-14(15)18-6-3/h7-10,13,17H,4-6,11-12H2,1-3H3/t13-/m0/s1. The fraction of sp³-hybridized carbons (Fsp3) is 0.600. The highest BCUT2D eigenvalue weighted by molar-refractivity contribution is 5.39. The van der Waals surface area contributed by atoms with E-state index >= 15 is 0 Å². The van der Waals surface area contributed by atoms with Gasteiger partial charge in [0.05, 0.1) is 6.61 Å². The number of hydrogen-bond acceptors (Lipinski definition) is 4. The van der Waals surface area contributed by atoms with Gasteiger partial charge in [-0.15, -0.1) is 0 Å². The molecule has 0 heterocycles. The van der Waals surface area contributed by atoms with E-state index in [0.29, 0.717) is 18.9 Å². The highest BCUT2D eigenvalue weighted by atomic mass is 16.5. The number of nitrogens with zero attached hydrogens (tertiary/aromatic N) is 1. The summed E-state index contributed by atoms with van der Waals surface area (Å²) in [5.41, 5.74) is 0. The van der Waals surface area contributed by atoms with Crippen molar-refractivity contribution in [3.63, 3.8) is 0 Å². The summed E-state index contributed by atoms with van der Waals surface area (Å²) in [6.45, 7) is 9.48. The van der Waals surface area contributed by atoms with Crippen molar-refractivity contribution in [2.24, 2.45) is 0 Å². The highest BCUT2D eigenvalue weighted by Crippen LogP contribution is 2.26. The maximum Gasteiger partial charge on any atom is 0.161 e. The molecule has 0 aromatic heterocycles. The first-order valence-corrected chi connectivity index (χ1v) is 6.96. The molecule has 0 spiro atoms. The molecule has 0 unspecified atom stereocenters. The Bertz CT molecular complexity index is 353. The molecule has 19 heavy (non-hydrogen) atoms. The Morgan fingerprint density at radius 3 is 2.16 bits per heavy atom. The van der Waals surface area contributed by atoms with E-state index in [1.807, 2.05) is 31.2 Å². The van der Waals surface area contributed by atoms with Gasteiger partial charge in [0.2, 0.25) is 0 Å². The van der Waals surface area contributed by atoms with Crippen LogP contribution in [-0.4, -0.2) is 49.0 Å². The van der Waals surface area contributed by atoms with Gasteiger partial charge in [0.1, 0.15) is 12.7 Å². The molecule has 0 aliphatic carbocycles. The SMILES string of the molecule is CCOc1ccccc1OC[C@@H](O)CN(CC)CC. The van der Waals surface area contributed by atoms with E-state index in [4.69, 9.17) is 9.47 Å². The second kappa shape index (κ2) is 8.77. The zero-order chi connectivity index (χ0) is 14.1. The van der Waals surface area contributed by atoms with Crippen molar-refractivity contribution < 1.29 is 14.6 Å². The molecular weight excluding hydrogens is 242 g/mol. The van der Waals surface area contributed by atoms with Gasteiger partial charge < -0.3 is 19.5 Å².